The molecule has 2 aromatic rings. The van der Waals surface area contributed by atoms with Gasteiger partial charge in [-0.25, -0.2) is 0 Å². The SMILES string of the molecule is COC(=O)CCC(C(N)=O)N1Cc2c(OCc3ccc(CNC(C)CC(=O)OC(C)(C)C)cc3)cccc2C1=O. The van der Waals surface area contributed by atoms with Gasteiger partial charge < -0.3 is 30.2 Å². The lowest BCUT2D eigenvalue weighted by molar-refractivity contribution is -0.155. The molecule has 3 N–H and O–H groups in total. The van der Waals surface area contributed by atoms with Crippen molar-refractivity contribution in [3.8, 4) is 5.75 Å². The van der Waals surface area contributed by atoms with E-state index in [0.29, 0.717) is 23.4 Å². The largest absolute Gasteiger partial charge is 0.489 e. The topological polar surface area (TPSA) is 137 Å². The number of fused-ring (bicyclic) bond motifs is 1. The molecule has 3 rings (SSSR count). The molecule has 0 saturated carbocycles. The number of nitrogens with zero attached hydrogens (tertiary/aromatic N) is 1. The summed E-state index contributed by atoms with van der Waals surface area (Å²) >= 11 is 0. The van der Waals surface area contributed by atoms with E-state index in [-0.39, 0.29) is 50.3 Å². The van der Waals surface area contributed by atoms with E-state index in [1.54, 1.807) is 18.2 Å². The predicted octanol–water partition coefficient (Wildman–Crippen LogP) is 3.24. The normalized spacial score (nSPS) is 14.3. The van der Waals surface area contributed by atoms with Crippen LogP contribution < -0.4 is 15.8 Å². The van der Waals surface area contributed by atoms with Crippen molar-refractivity contribution in [2.24, 2.45) is 5.73 Å². The van der Waals surface area contributed by atoms with Gasteiger partial charge in [-0.15, -0.1) is 0 Å². The standard InChI is InChI=1S/C30H39N3O7/c1-19(15-27(35)40-30(2,3)4)32-16-20-9-11-21(12-10-20)18-39-25-8-6-7-22-23(25)17-33(29(22)37)24(28(31)36)13-14-26(34)38-5/h6-12,19,24,32H,13-18H2,1-5H3,(H2,31,36). The maximum absolute atomic E-state index is 13.1. The van der Waals surface area contributed by atoms with E-state index < -0.39 is 23.5 Å². The van der Waals surface area contributed by atoms with Gasteiger partial charge in [0.05, 0.1) is 20.1 Å². The number of amides is 2. The third-order valence-corrected chi connectivity index (χ3v) is 6.47. The van der Waals surface area contributed by atoms with Crippen molar-refractivity contribution < 1.29 is 33.4 Å². The highest BCUT2D eigenvalue weighted by molar-refractivity contribution is 6.01. The monoisotopic (exact) mass is 553 g/mol. The molecular weight excluding hydrogens is 514 g/mol. The molecule has 1 heterocycles. The van der Waals surface area contributed by atoms with Crippen molar-refractivity contribution >= 4 is 23.8 Å². The van der Waals surface area contributed by atoms with Gasteiger partial charge >= 0.3 is 11.9 Å². The lowest BCUT2D eigenvalue weighted by Crippen LogP contribution is -2.45. The number of nitrogens with two attached hydrogens (primary N) is 1. The fourth-order valence-electron chi connectivity index (χ4n) is 4.43. The second-order valence-electron chi connectivity index (χ2n) is 10.9. The molecule has 0 radical (unpaired) electrons. The van der Waals surface area contributed by atoms with Gasteiger partial charge in [0, 0.05) is 30.1 Å². The second-order valence-corrected chi connectivity index (χ2v) is 10.9. The van der Waals surface area contributed by atoms with E-state index in [4.69, 9.17) is 15.2 Å². The molecule has 2 unspecified atom stereocenters. The molecule has 2 amide bonds. The van der Waals surface area contributed by atoms with Gasteiger partial charge in [-0.1, -0.05) is 30.3 Å². The lowest BCUT2D eigenvalue weighted by Gasteiger charge is -2.24. The summed E-state index contributed by atoms with van der Waals surface area (Å²) in [4.78, 5) is 50.1. The fourth-order valence-corrected chi connectivity index (χ4v) is 4.43. The maximum atomic E-state index is 13.1. The summed E-state index contributed by atoms with van der Waals surface area (Å²) in [5.41, 5.74) is 8.20. The van der Waals surface area contributed by atoms with Crippen molar-refractivity contribution in [1.82, 2.24) is 10.2 Å². The van der Waals surface area contributed by atoms with Gasteiger partial charge in [-0.05, 0) is 57.4 Å². The van der Waals surface area contributed by atoms with E-state index in [2.05, 4.69) is 10.1 Å². The molecule has 0 saturated heterocycles. The zero-order valence-corrected chi connectivity index (χ0v) is 23.8. The highest BCUT2D eigenvalue weighted by atomic mass is 16.6. The van der Waals surface area contributed by atoms with Gasteiger partial charge in [0.1, 0.15) is 24.0 Å². The van der Waals surface area contributed by atoms with Crippen LogP contribution in [0, 0.1) is 0 Å². The molecule has 2 aromatic carbocycles. The summed E-state index contributed by atoms with van der Waals surface area (Å²) < 4.78 is 16.1. The third kappa shape index (κ3) is 8.54. The Bertz CT molecular complexity index is 1220. The second kappa shape index (κ2) is 13.4. The molecule has 10 heteroatoms. The molecule has 0 bridgehead atoms. The number of primary amides is 1. The molecule has 0 fully saturated rings. The Balaban J connectivity index is 1.56. The van der Waals surface area contributed by atoms with Crippen molar-refractivity contribution in [3.63, 3.8) is 0 Å². The summed E-state index contributed by atoms with van der Waals surface area (Å²) in [6, 6.07) is 12.2. The Labute approximate surface area is 235 Å². The van der Waals surface area contributed by atoms with Crippen LogP contribution in [0.15, 0.2) is 42.5 Å². The van der Waals surface area contributed by atoms with E-state index >= 15 is 0 Å². The molecular formula is C30H39N3O7. The summed E-state index contributed by atoms with van der Waals surface area (Å²) in [5.74, 6) is -1.17. The molecule has 1 aliphatic rings. The van der Waals surface area contributed by atoms with Crippen LogP contribution in [0.4, 0.5) is 0 Å². The van der Waals surface area contributed by atoms with Crippen molar-refractivity contribution in [2.45, 2.75) is 84.3 Å². The minimum Gasteiger partial charge on any atom is -0.489 e. The zero-order valence-electron chi connectivity index (χ0n) is 23.8. The van der Waals surface area contributed by atoms with Crippen LogP contribution in [0.5, 0.6) is 5.75 Å². The molecule has 216 valence electrons. The zero-order chi connectivity index (χ0) is 29.4. The predicted molar refractivity (Wildman–Crippen MR) is 148 cm³/mol. The van der Waals surface area contributed by atoms with Crippen LogP contribution in [0.1, 0.15) is 74.0 Å². The van der Waals surface area contributed by atoms with Gasteiger partial charge in [-0.2, -0.15) is 0 Å². The number of hydrogen-bond donors (Lipinski definition) is 2. The van der Waals surface area contributed by atoms with Crippen LogP contribution >= 0.6 is 0 Å². The van der Waals surface area contributed by atoms with Gasteiger partial charge in [0.2, 0.25) is 5.91 Å². The Hall–Kier alpha value is -3.92. The first kappa shape index (κ1) is 30.6. The Kier molecular flexibility index (Phi) is 10.3. The van der Waals surface area contributed by atoms with E-state index in [1.165, 1.54) is 12.0 Å². The first-order chi connectivity index (χ1) is 18.9. The van der Waals surface area contributed by atoms with E-state index in [0.717, 1.165) is 11.1 Å². The third-order valence-electron chi connectivity index (χ3n) is 6.47. The molecule has 10 nitrogen and oxygen atoms in total. The number of benzene rings is 2. The van der Waals surface area contributed by atoms with Gasteiger partial charge in [0.25, 0.3) is 5.91 Å². The minimum absolute atomic E-state index is 0.0260. The average Bonchev–Trinajstić information content (AvgIpc) is 3.22. The lowest BCUT2D eigenvalue weighted by atomic mass is 10.1. The Morgan fingerprint density at radius 1 is 1.05 bits per heavy atom. The number of hydrogen-bond acceptors (Lipinski definition) is 8. The van der Waals surface area contributed by atoms with Gasteiger partial charge in [0.15, 0.2) is 0 Å². The van der Waals surface area contributed by atoms with Crippen molar-refractivity contribution in [2.75, 3.05) is 7.11 Å². The van der Waals surface area contributed by atoms with Gasteiger partial charge in [-0.3, -0.25) is 19.2 Å². The van der Waals surface area contributed by atoms with Crippen LogP contribution in [-0.2, 0) is 43.6 Å². The first-order valence-corrected chi connectivity index (χ1v) is 13.3. The van der Waals surface area contributed by atoms with E-state index in [1.807, 2.05) is 52.0 Å². The summed E-state index contributed by atoms with van der Waals surface area (Å²) in [7, 11) is 1.27. The van der Waals surface area contributed by atoms with Crippen LogP contribution in [0.2, 0.25) is 0 Å². The highest BCUT2D eigenvalue weighted by Crippen LogP contribution is 2.33. The molecule has 1 aliphatic heterocycles. The van der Waals surface area contributed by atoms with E-state index in [9.17, 15) is 19.2 Å². The summed E-state index contributed by atoms with van der Waals surface area (Å²) in [6.45, 7) is 8.54. The number of carbonyl (C=O) groups is 4. The summed E-state index contributed by atoms with van der Waals surface area (Å²) in [6.07, 6.45) is 0.344. The number of esters is 2. The van der Waals surface area contributed by atoms with Crippen LogP contribution in [0.3, 0.4) is 0 Å². The average molecular weight is 554 g/mol. The number of carbonyl (C=O) groups excluding carboxylic acids is 4. The molecule has 0 aromatic heterocycles. The van der Waals surface area contributed by atoms with Crippen molar-refractivity contribution in [3.05, 3.63) is 64.7 Å². The molecule has 0 spiro atoms. The summed E-state index contributed by atoms with van der Waals surface area (Å²) in [5, 5.41) is 3.34. The number of ether oxygens (including phenoxy) is 3. The first-order valence-electron chi connectivity index (χ1n) is 13.3. The van der Waals surface area contributed by atoms with Crippen LogP contribution in [-0.4, -0.2) is 53.4 Å². The number of methoxy groups -OCH3 is 1. The molecule has 0 aliphatic carbocycles. The minimum atomic E-state index is -0.931. The Morgan fingerprint density at radius 3 is 2.35 bits per heavy atom. The molecule has 2 atom stereocenters. The number of nitrogens with one attached hydrogen (secondary N) is 1. The fraction of sp³-hybridized carbons (Fsp3) is 0.467. The van der Waals surface area contributed by atoms with Crippen LogP contribution in [0.25, 0.3) is 0 Å². The quantitative estimate of drug-likeness (QED) is 0.361. The van der Waals surface area contributed by atoms with Crippen molar-refractivity contribution in [1.29, 1.82) is 0 Å². The highest BCUT2D eigenvalue weighted by Gasteiger charge is 2.37. The Morgan fingerprint density at radius 2 is 1.73 bits per heavy atom. The maximum Gasteiger partial charge on any atom is 0.307 e. The number of rotatable bonds is 13. The smallest absolute Gasteiger partial charge is 0.307 e. The molecule has 40 heavy (non-hydrogen) atoms.